The Morgan fingerprint density at radius 1 is 0.263 bits per heavy atom. The van der Waals surface area contributed by atoms with Crippen LogP contribution in [0.15, 0.2) is 194 Å². The van der Waals surface area contributed by atoms with Gasteiger partial charge in [-0.1, -0.05) is 133 Å². The Kier molecular flexibility index (Phi) is 6.83. The molecule has 0 radical (unpaired) electrons. The van der Waals surface area contributed by atoms with Gasteiger partial charge in [0.1, 0.15) is 0 Å². The van der Waals surface area contributed by atoms with Crippen LogP contribution in [0, 0.1) is 0 Å². The zero-order valence-corrected chi connectivity index (χ0v) is 30.7. The lowest BCUT2D eigenvalue weighted by molar-refractivity contribution is 0.953. The predicted molar refractivity (Wildman–Crippen MR) is 234 cm³/mol. The summed E-state index contributed by atoms with van der Waals surface area (Å²) in [5.41, 5.74) is 10.7. The van der Waals surface area contributed by atoms with E-state index in [1.54, 1.807) is 0 Å². The first-order valence-electron chi connectivity index (χ1n) is 19.2. The van der Waals surface area contributed by atoms with Crippen LogP contribution in [0.3, 0.4) is 0 Å². The molecule has 0 saturated heterocycles. The van der Waals surface area contributed by atoms with Gasteiger partial charge in [0, 0.05) is 54.8 Å². The summed E-state index contributed by atoms with van der Waals surface area (Å²) in [5.74, 6) is 1.79. The molecular formula is C51H32N6. The maximum Gasteiger partial charge on any atom is 0.238 e. The summed E-state index contributed by atoms with van der Waals surface area (Å²) in [7, 11) is 0. The summed E-state index contributed by atoms with van der Waals surface area (Å²) in [6.45, 7) is 0. The standard InChI is InChI=1S/C51H32N6/c1-2-15-33(16-3-1)49-52-50(34-17-14-18-35(31-34)55-43-24-9-4-19-37(43)38-20-5-10-25-44(38)55)54-51(53-49)57-47-28-13-8-23-41(47)42-32-36(29-30-48(42)57)56-45-26-11-6-21-39(45)40-22-7-12-27-46(40)56/h1-32H. The van der Waals surface area contributed by atoms with Gasteiger partial charge in [-0.2, -0.15) is 9.97 Å². The fourth-order valence-electron chi connectivity index (χ4n) is 8.81. The lowest BCUT2D eigenvalue weighted by atomic mass is 10.1. The quantitative estimate of drug-likeness (QED) is 0.177. The third-order valence-electron chi connectivity index (χ3n) is 11.3. The van der Waals surface area contributed by atoms with Crippen LogP contribution in [0.4, 0.5) is 0 Å². The molecule has 0 spiro atoms. The van der Waals surface area contributed by atoms with Crippen molar-refractivity contribution in [3.8, 4) is 40.1 Å². The Bertz CT molecular complexity index is 3430. The van der Waals surface area contributed by atoms with E-state index < -0.39 is 0 Å². The molecule has 0 aliphatic heterocycles. The van der Waals surface area contributed by atoms with Crippen molar-refractivity contribution in [2.75, 3.05) is 0 Å². The summed E-state index contributed by atoms with van der Waals surface area (Å²) in [5, 5.41) is 7.18. The monoisotopic (exact) mass is 728 g/mol. The molecular weight excluding hydrogens is 697 g/mol. The number of aromatic nitrogens is 6. The predicted octanol–water partition coefficient (Wildman–Crippen LogP) is 12.5. The SMILES string of the molecule is c1ccc(-c2nc(-c3cccc(-n4c5ccccc5c5ccccc54)c3)nc(-n3c4ccccc4c4cc(-n5c6ccccc6c6ccccc65)ccc43)n2)cc1. The normalized spacial score (nSPS) is 11.9. The Hall–Kier alpha value is -7.83. The number of hydrogen-bond acceptors (Lipinski definition) is 3. The second-order valence-corrected chi connectivity index (χ2v) is 14.5. The van der Waals surface area contributed by atoms with Crippen LogP contribution < -0.4 is 0 Å². The van der Waals surface area contributed by atoms with E-state index in [1.807, 2.05) is 18.2 Å². The van der Waals surface area contributed by atoms with Crippen molar-refractivity contribution in [2.45, 2.75) is 0 Å². The van der Waals surface area contributed by atoms with Gasteiger partial charge >= 0.3 is 0 Å². The Balaban J connectivity index is 1.08. The third-order valence-corrected chi connectivity index (χ3v) is 11.3. The number of rotatable bonds is 5. The molecule has 0 amide bonds. The van der Waals surface area contributed by atoms with Gasteiger partial charge in [0.25, 0.3) is 0 Å². The molecule has 4 aromatic heterocycles. The number of nitrogens with zero attached hydrogens (tertiary/aromatic N) is 6. The molecule has 0 bridgehead atoms. The number of benzene rings is 8. The van der Waals surface area contributed by atoms with Gasteiger partial charge in [0.2, 0.25) is 5.95 Å². The molecule has 4 heterocycles. The van der Waals surface area contributed by atoms with E-state index >= 15 is 0 Å². The average molecular weight is 729 g/mol. The van der Waals surface area contributed by atoms with Crippen LogP contribution in [-0.4, -0.2) is 28.7 Å². The first kappa shape index (κ1) is 31.5. The van der Waals surface area contributed by atoms with Crippen molar-refractivity contribution < 1.29 is 0 Å². The van der Waals surface area contributed by atoms with E-state index in [0.717, 1.165) is 55.3 Å². The van der Waals surface area contributed by atoms with Crippen molar-refractivity contribution in [1.82, 2.24) is 28.7 Å². The van der Waals surface area contributed by atoms with E-state index in [1.165, 1.54) is 32.6 Å². The molecule has 0 saturated carbocycles. The Morgan fingerprint density at radius 2 is 0.667 bits per heavy atom. The topological polar surface area (TPSA) is 53.5 Å². The van der Waals surface area contributed by atoms with Crippen molar-refractivity contribution in [3.63, 3.8) is 0 Å². The van der Waals surface area contributed by atoms with Gasteiger partial charge < -0.3 is 9.13 Å². The zero-order chi connectivity index (χ0) is 37.5. The van der Waals surface area contributed by atoms with Crippen LogP contribution in [0.25, 0.3) is 106 Å². The summed E-state index contributed by atoms with van der Waals surface area (Å²) in [4.78, 5) is 15.7. The molecule has 0 aliphatic rings. The van der Waals surface area contributed by atoms with Crippen LogP contribution in [0.1, 0.15) is 0 Å². The van der Waals surface area contributed by atoms with Crippen molar-refractivity contribution >= 4 is 65.4 Å². The third kappa shape index (κ3) is 4.81. The molecule has 0 N–H and O–H groups in total. The molecule has 0 atom stereocenters. The Labute approximate surface area is 327 Å². The summed E-state index contributed by atoms with van der Waals surface area (Å²) < 4.78 is 6.89. The average Bonchev–Trinajstić information content (AvgIpc) is 3.92. The van der Waals surface area contributed by atoms with Gasteiger partial charge in [-0.3, -0.25) is 4.57 Å². The zero-order valence-electron chi connectivity index (χ0n) is 30.7. The largest absolute Gasteiger partial charge is 0.309 e. The lowest BCUT2D eigenvalue weighted by Gasteiger charge is -2.13. The fourth-order valence-corrected chi connectivity index (χ4v) is 8.81. The molecule has 0 unspecified atom stereocenters. The summed E-state index contributed by atoms with van der Waals surface area (Å²) in [6.07, 6.45) is 0. The molecule has 12 rings (SSSR count). The van der Waals surface area contributed by atoms with Crippen LogP contribution in [-0.2, 0) is 0 Å². The van der Waals surface area contributed by atoms with Gasteiger partial charge in [-0.25, -0.2) is 4.98 Å². The maximum absolute atomic E-state index is 5.30. The van der Waals surface area contributed by atoms with Crippen LogP contribution in [0.5, 0.6) is 0 Å². The van der Waals surface area contributed by atoms with E-state index in [-0.39, 0.29) is 0 Å². The molecule has 12 aromatic rings. The van der Waals surface area contributed by atoms with E-state index in [0.29, 0.717) is 17.6 Å². The number of hydrogen-bond donors (Lipinski definition) is 0. The maximum atomic E-state index is 5.30. The fraction of sp³-hybridized carbons (Fsp3) is 0. The summed E-state index contributed by atoms with van der Waals surface area (Å²) >= 11 is 0. The van der Waals surface area contributed by atoms with Gasteiger partial charge in [-0.15, -0.1) is 0 Å². The second-order valence-electron chi connectivity index (χ2n) is 14.5. The molecule has 0 fully saturated rings. The van der Waals surface area contributed by atoms with Crippen LogP contribution in [0.2, 0.25) is 0 Å². The summed E-state index contributed by atoms with van der Waals surface area (Å²) in [6, 6.07) is 68.4. The molecule has 266 valence electrons. The molecule has 0 aliphatic carbocycles. The first-order chi connectivity index (χ1) is 28.3. The van der Waals surface area contributed by atoms with Gasteiger partial charge in [0.15, 0.2) is 11.6 Å². The van der Waals surface area contributed by atoms with Crippen molar-refractivity contribution in [1.29, 1.82) is 0 Å². The minimum atomic E-state index is 0.567. The van der Waals surface area contributed by atoms with E-state index in [4.69, 9.17) is 15.0 Å². The minimum Gasteiger partial charge on any atom is -0.309 e. The minimum absolute atomic E-state index is 0.567. The number of fused-ring (bicyclic) bond motifs is 9. The van der Waals surface area contributed by atoms with Gasteiger partial charge in [-0.05, 0) is 60.7 Å². The smallest absolute Gasteiger partial charge is 0.238 e. The second kappa shape index (κ2) is 12.3. The Morgan fingerprint density at radius 3 is 1.21 bits per heavy atom. The molecule has 8 aromatic carbocycles. The van der Waals surface area contributed by atoms with Gasteiger partial charge in [0.05, 0.1) is 33.1 Å². The number of para-hydroxylation sites is 5. The van der Waals surface area contributed by atoms with Crippen molar-refractivity contribution in [2.24, 2.45) is 0 Å². The highest BCUT2D eigenvalue weighted by Gasteiger charge is 2.20. The van der Waals surface area contributed by atoms with E-state index in [2.05, 4.69) is 190 Å². The highest BCUT2D eigenvalue weighted by atomic mass is 15.2. The lowest BCUT2D eigenvalue weighted by Crippen LogP contribution is -2.06. The first-order valence-corrected chi connectivity index (χ1v) is 19.2. The van der Waals surface area contributed by atoms with Crippen molar-refractivity contribution in [3.05, 3.63) is 194 Å². The molecule has 57 heavy (non-hydrogen) atoms. The molecule has 6 nitrogen and oxygen atoms in total. The van der Waals surface area contributed by atoms with E-state index in [9.17, 15) is 0 Å². The highest BCUT2D eigenvalue weighted by molar-refractivity contribution is 6.12. The van der Waals surface area contributed by atoms with Crippen LogP contribution >= 0.6 is 0 Å². The molecule has 6 heteroatoms. The highest BCUT2D eigenvalue weighted by Crippen LogP contribution is 2.38.